The van der Waals surface area contributed by atoms with Gasteiger partial charge in [-0.1, -0.05) is 96.6 Å². The molecule has 310 valence electrons. The molecule has 0 aliphatic carbocycles. The van der Waals surface area contributed by atoms with Gasteiger partial charge in [0.25, 0.3) is 0 Å². The highest BCUT2D eigenvalue weighted by molar-refractivity contribution is 5.99. The average molecular weight is 841 g/mol. The number of hydrogen-bond donors (Lipinski definition) is 1. The van der Waals surface area contributed by atoms with E-state index in [1.54, 1.807) is 121 Å². The second-order valence-corrected chi connectivity index (χ2v) is 15.0. The molecule has 0 atom stereocenters. The van der Waals surface area contributed by atoms with Gasteiger partial charge in [-0.15, -0.1) is 0 Å². The van der Waals surface area contributed by atoms with Crippen molar-refractivity contribution in [1.82, 2.24) is 0 Å². The Bertz CT molecular complexity index is 3010. The molecule has 9 aromatic rings. The number of phenols is 1. The molecule has 0 fully saturated rings. The van der Waals surface area contributed by atoms with Crippen LogP contribution in [0.1, 0.15) is 47.0 Å². The van der Waals surface area contributed by atoms with Crippen LogP contribution in [0.4, 0.5) is 0 Å². The van der Waals surface area contributed by atoms with Crippen molar-refractivity contribution in [2.24, 2.45) is 0 Å². The molecular weight excluding hydrogens is 805 g/mol. The molecule has 0 radical (unpaired) electrons. The van der Waals surface area contributed by atoms with Crippen molar-refractivity contribution in [2.45, 2.75) is 6.92 Å². The van der Waals surface area contributed by atoms with Crippen molar-refractivity contribution in [3.05, 3.63) is 222 Å². The lowest BCUT2D eigenvalue weighted by atomic mass is 10.0. The SMILES string of the molecule is Cc1ccc2cc(C(=O)Oc3ccc(-c4ccc(OC(=O)c5cccc(C(=O)Oc6ccc(-c7ccc(OC(=O)c8ccc9cc(O)ccc9c8)cc7)cc6)c5)cc4)cc3)ccc2c1. The van der Waals surface area contributed by atoms with Crippen LogP contribution in [-0.2, 0) is 0 Å². The fourth-order valence-electron chi connectivity index (χ4n) is 7.15. The van der Waals surface area contributed by atoms with Crippen LogP contribution in [0.2, 0.25) is 0 Å². The van der Waals surface area contributed by atoms with Crippen LogP contribution in [0.15, 0.2) is 194 Å². The van der Waals surface area contributed by atoms with Crippen molar-refractivity contribution in [1.29, 1.82) is 0 Å². The maximum Gasteiger partial charge on any atom is 0.343 e. The zero-order valence-corrected chi connectivity index (χ0v) is 34.2. The summed E-state index contributed by atoms with van der Waals surface area (Å²) in [7, 11) is 0. The summed E-state index contributed by atoms with van der Waals surface area (Å²) in [6.07, 6.45) is 0. The van der Waals surface area contributed by atoms with E-state index in [2.05, 4.69) is 6.07 Å². The predicted octanol–water partition coefficient (Wildman–Crippen LogP) is 12.2. The van der Waals surface area contributed by atoms with Crippen molar-refractivity contribution in [2.75, 3.05) is 0 Å². The minimum Gasteiger partial charge on any atom is -0.508 e. The molecule has 0 spiro atoms. The van der Waals surface area contributed by atoms with Gasteiger partial charge in [0.15, 0.2) is 0 Å². The van der Waals surface area contributed by atoms with Gasteiger partial charge >= 0.3 is 23.9 Å². The van der Waals surface area contributed by atoms with Gasteiger partial charge in [0.2, 0.25) is 0 Å². The highest BCUT2D eigenvalue weighted by atomic mass is 16.5. The second kappa shape index (κ2) is 17.6. The Balaban J connectivity index is 0.766. The molecule has 0 saturated heterocycles. The Morgan fingerprint density at radius 1 is 0.328 bits per heavy atom. The van der Waals surface area contributed by atoms with Crippen LogP contribution in [0.3, 0.4) is 0 Å². The third-order valence-electron chi connectivity index (χ3n) is 10.6. The molecule has 9 rings (SSSR count). The Morgan fingerprint density at radius 2 is 0.641 bits per heavy atom. The third-order valence-corrected chi connectivity index (χ3v) is 10.6. The van der Waals surface area contributed by atoms with E-state index in [0.29, 0.717) is 34.1 Å². The molecule has 0 heterocycles. The smallest absolute Gasteiger partial charge is 0.343 e. The number of benzene rings is 9. The molecule has 0 aromatic heterocycles. The van der Waals surface area contributed by atoms with E-state index in [-0.39, 0.29) is 16.9 Å². The largest absolute Gasteiger partial charge is 0.508 e. The summed E-state index contributed by atoms with van der Waals surface area (Å²) in [5, 5.41) is 13.3. The van der Waals surface area contributed by atoms with Gasteiger partial charge in [-0.05, 0) is 154 Å². The van der Waals surface area contributed by atoms with E-state index in [1.807, 2.05) is 67.6 Å². The minimum absolute atomic E-state index is 0.152. The summed E-state index contributed by atoms with van der Waals surface area (Å²) in [4.78, 5) is 51.9. The molecular formula is C55H36O9. The van der Waals surface area contributed by atoms with Crippen molar-refractivity contribution < 1.29 is 43.2 Å². The predicted molar refractivity (Wildman–Crippen MR) is 244 cm³/mol. The number of phenolic OH excluding ortho intramolecular Hbond substituents is 1. The number of fused-ring (bicyclic) bond motifs is 2. The average Bonchev–Trinajstić information content (AvgIpc) is 3.32. The summed E-state index contributed by atoms with van der Waals surface area (Å²) >= 11 is 0. The Hall–Kier alpha value is -8.82. The number of esters is 4. The Kier molecular flexibility index (Phi) is 11.2. The normalized spacial score (nSPS) is 10.9. The molecule has 0 aliphatic rings. The lowest BCUT2D eigenvalue weighted by Crippen LogP contribution is -2.12. The van der Waals surface area contributed by atoms with Crippen molar-refractivity contribution in [3.8, 4) is 51.0 Å². The van der Waals surface area contributed by atoms with Crippen LogP contribution >= 0.6 is 0 Å². The maximum absolute atomic E-state index is 13.1. The van der Waals surface area contributed by atoms with Gasteiger partial charge in [0.1, 0.15) is 28.7 Å². The van der Waals surface area contributed by atoms with Crippen molar-refractivity contribution in [3.63, 3.8) is 0 Å². The lowest BCUT2D eigenvalue weighted by Gasteiger charge is -2.09. The third kappa shape index (κ3) is 9.24. The second-order valence-electron chi connectivity index (χ2n) is 15.0. The van der Waals surface area contributed by atoms with E-state index in [0.717, 1.165) is 49.4 Å². The first-order chi connectivity index (χ1) is 31.1. The van der Waals surface area contributed by atoms with Crippen LogP contribution < -0.4 is 18.9 Å². The zero-order chi connectivity index (χ0) is 44.2. The fraction of sp³-hybridized carbons (Fsp3) is 0.0182. The molecule has 9 nitrogen and oxygen atoms in total. The van der Waals surface area contributed by atoms with Gasteiger partial charge < -0.3 is 24.1 Å². The van der Waals surface area contributed by atoms with Gasteiger partial charge in [-0.25, -0.2) is 19.2 Å². The molecule has 0 amide bonds. The number of aryl methyl sites for hydroxylation is 1. The minimum atomic E-state index is -0.646. The molecule has 0 saturated carbocycles. The lowest BCUT2D eigenvalue weighted by molar-refractivity contribution is 0.0720. The van der Waals surface area contributed by atoms with E-state index in [9.17, 15) is 24.3 Å². The van der Waals surface area contributed by atoms with Crippen LogP contribution in [0, 0.1) is 6.92 Å². The molecule has 0 unspecified atom stereocenters. The number of ether oxygens (including phenoxy) is 4. The number of carbonyl (C=O) groups is 4. The molecule has 9 aromatic carbocycles. The van der Waals surface area contributed by atoms with E-state index in [4.69, 9.17) is 18.9 Å². The van der Waals surface area contributed by atoms with Crippen molar-refractivity contribution >= 4 is 45.4 Å². The van der Waals surface area contributed by atoms with E-state index in [1.165, 1.54) is 6.07 Å². The summed E-state index contributed by atoms with van der Waals surface area (Å²) in [5.41, 5.74) is 5.77. The first-order valence-electron chi connectivity index (χ1n) is 20.2. The van der Waals surface area contributed by atoms with Crippen LogP contribution in [0.25, 0.3) is 43.8 Å². The quantitative estimate of drug-likeness (QED) is 0.106. The number of hydrogen-bond acceptors (Lipinski definition) is 9. The fourth-order valence-corrected chi connectivity index (χ4v) is 7.15. The molecule has 0 bridgehead atoms. The topological polar surface area (TPSA) is 125 Å². The maximum atomic E-state index is 13.1. The summed E-state index contributed by atoms with van der Waals surface area (Å²) < 4.78 is 22.5. The number of carbonyl (C=O) groups excluding carboxylic acids is 4. The molecule has 0 aliphatic heterocycles. The first kappa shape index (κ1) is 40.6. The molecule has 9 heteroatoms. The molecule has 1 N–H and O–H groups in total. The number of rotatable bonds is 10. The zero-order valence-electron chi connectivity index (χ0n) is 34.2. The summed E-state index contributed by atoms with van der Waals surface area (Å²) in [6.45, 7) is 2.03. The Morgan fingerprint density at radius 3 is 1.03 bits per heavy atom. The van der Waals surface area contributed by atoms with E-state index >= 15 is 0 Å². The van der Waals surface area contributed by atoms with Crippen LogP contribution in [0.5, 0.6) is 28.7 Å². The van der Waals surface area contributed by atoms with Gasteiger partial charge in [0.05, 0.1) is 22.3 Å². The standard InChI is InChI=1S/C55H36O9/c1-34-5-6-40-30-45(9-7-39(40)29-34)54(59)63-50-25-16-37(17-26-50)35-12-21-48(22-13-35)61-52(57)43-3-2-4-44(32-43)53(58)62-49-23-14-36(15-24-49)38-18-27-51(28-19-38)64-55(60)46-10-8-42-33-47(56)20-11-41(42)31-46/h2-33,56H,1H3. The van der Waals surface area contributed by atoms with E-state index < -0.39 is 23.9 Å². The highest BCUT2D eigenvalue weighted by Crippen LogP contribution is 2.29. The van der Waals surface area contributed by atoms with Gasteiger partial charge in [0, 0.05) is 0 Å². The summed E-state index contributed by atoms with van der Waals surface area (Å²) in [5.74, 6) is -0.663. The summed E-state index contributed by atoms with van der Waals surface area (Å²) in [6, 6.07) is 55.8. The van der Waals surface area contributed by atoms with Crippen LogP contribution in [-0.4, -0.2) is 29.0 Å². The number of aromatic hydroxyl groups is 1. The first-order valence-corrected chi connectivity index (χ1v) is 20.2. The molecule has 64 heavy (non-hydrogen) atoms. The van der Waals surface area contributed by atoms with Gasteiger partial charge in [-0.3, -0.25) is 0 Å². The van der Waals surface area contributed by atoms with Gasteiger partial charge in [-0.2, -0.15) is 0 Å². The highest BCUT2D eigenvalue weighted by Gasteiger charge is 2.16. The monoisotopic (exact) mass is 840 g/mol. The Labute approximate surface area is 367 Å².